The number of amides is 1. The number of aromatic nitrogens is 5. The molecule has 3 heterocycles. The fraction of sp³-hybridized carbons (Fsp3) is 0.421. The molecule has 3 aromatic rings. The zero-order valence-electron chi connectivity index (χ0n) is 15.3. The fourth-order valence-corrected chi connectivity index (χ4v) is 3.26. The van der Waals surface area contributed by atoms with E-state index in [1.807, 2.05) is 12.1 Å². The van der Waals surface area contributed by atoms with Crippen molar-refractivity contribution < 1.29 is 9.32 Å². The lowest BCUT2D eigenvalue weighted by Crippen LogP contribution is -2.32. The number of pyridine rings is 1. The Morgan fingerprint density at radius 2 is 2.15 bits per heavy atom. The second kappa shape index (κ2) is 7.69. The van der Waals surface area contributed by atoms with Gasteiger partial charge in [0.05, 0.1) is 5.56 Å². The van der Waals surface area contributed by atoms with Gasteiger partial charge < -0.3 is 9.84 Å². The summed E-state index contributed by atoms with van der Waals surface area (Å²) in [6.07, 6.45) is 11.2. The fourth-order valence-electron chi connectivity index (χ4n) is 3.26. The van der Waals surface area contributed by atoms with Gasteiger partial charge >= 0.3 is 0 Å². The smallest absolute Gasteiger partial charge is 0.271 e. The molecule has 1 fully saturated rings. The molecular weight excluding hydrogens is 344 g/mol. The third kappa shape index (κ3) is 3.89. The van der Waals surface area contributed by atoms with Gasteiger partial charge in [0.1, 0.15) is 17.8 Å². The quantitative estimate of drug-likeness (QED) is 0.720. The van der Waals surface area contributed by atoms with Crippen molar-refractivity contribution in [2.24, 2.45) is 0 Å². The van der Waals surface area contributed by atoms with E-state index in [1.165, 1.54) is 12.8 Å². The van der Waals surface area contributed by atoms with Crippen molar-refractivity contribution >= 4 is 5.91 Å². The van der Waals surface area contributed by atoms with Crippen LogP contribution >= 0.6 is 0 Å². The molecule has 1 saturated carbocycles. The predicted molar refractivity (Wildman–Crippen MR) is 98.4 cm³/mol. The average Bonchev–Trinajstić information content (AvgIpc) is 3.44. The molecule has 0 radical (unpaired) electrons. The van der Waals surface area contributed by atoms with Crippen molar-refractivity contribution in [1.82, 2.24) is 30.0 Å². The maximum absolute atomic E-state index is 12.3. The minimum Gasteiger partial charge on any atom is -0.348 e. The number of nitrogens with one attached hydrogen (secondary N) is 1. The van der Waals surface area contributed by atoms with Crippen LogP contribution < -0.4 is 5.32 Å². The molecule has 0 atom stereocenters. The molecule has 8 heteroatoms. The molecule has 0 aromatic carbocycles. The Labute approximate surface area is 157 Å². The molecule has 0 unspecified atom stereocenters. The lowest BCUT2D eigenvalue weighted by atomic mass is 10.2. The van der Waals surface area contributed by atoms with Crippen LogP contribution in [0.15, 0.2) is 35.4 Å². The Bertz CT molecular complexity index is 908. The normalized spacial score (nSPS) is 14.6. The van der Waals surface area contributed by atoms with Crippen LogP contribution in [0, 0.1) is 0 Å². The highest BCUT2D eigenvalue weighted by molar-refractivity contribution is 5.92. The summed E-state index contributed by atoms with van der Waals surface area (Å²) in [6.45, 7) is 2.07. The average molecular weight is 366 g/mol. The van der Waals surface area contributed by atoms with Gasteiger partial charge in [0.25, 0.3) is 11.8 Å². The summed E-state index contributed by atoms with van der Waals surface area (Å²) in [5.74, 6) is 1.69. The molecule has 8 nitrogen and oxygen atoms in total. The number of imidazole rings is 1. The lowest BCUT2D eigenvalue weighted by Gasteiger charge is -2.09. The van der Waals surface area contributed by atoms with Crippen LogP contribution in [0.1, 0.15) is 55.3 Å². The third-order valence-corrected chi connectivity index (χ3v) is 4.71. The number of aryl methyl sites for hydroxylation is 1. The Kier molecular flexibility index (Phi) is 4.95. The number of carbonyl (C=O) groups excluding carboxylic acids is 1. The van der Waals surface area contributed by atoms with Gasteiger partial charge in [-0.3, -0.25) is 9.36 Å². The van der Waals surface area contributed by atoms with Crippen molar-refractivity contribution in [2.45, 2.75) is 51.5 Å². The van der Waals surface area contributed by atoms with Gasteiger partial charge in [0.2, 0.25) is 0 Å². The Balaban J connectivity index is 1.45. The third-order valence-electron chi connectivity index (χ3n) is 4.71. The van der Waals surface area contributed by atoms with E-state index in [9.17, 15) is 4.79 Å². The van der Waals surface area contributed by atoms with Crippen molar-refractivity contribution in [3.63, 3.8) is 0 Å². The van der Waals surface area contributed by atoms with Gasteiger partial charge in [0.15, 0.2) is 5.82 Å². The van der Waals surface area contributed by atoms with E-state index in [-0.39, 0.29) is 11.9 Å². The van der Waals surface area contributed by atoms with E-state index in [1.54, 1.807) is 23.3 Å². The number of carbonyl (C=O) groups is 1. The Morgan fingerprint density at radius 3 is 2.89 bits per heavy atom. The molecule has 4 rings (SSSR count). The van der Waals surface area contributed by atoms with Crippen molar-refractivity contribution in [3.05, 3.63) is 42.4 Å². The minimum atomic E-state index is -0.133. The molecule has 140 valence electrons. The van der Waals surface area contributed by atoms with Gasteiger partial charge in [-0.1, -0.05) is 24.9 Å². The van der Waals surface area contributed by atoms with Gasteiger partial charge in [-0.05, 0) is 31.4 Å². The van der Waals surface area contributed by atoms with Crippen LogP contribution in [0.2, 0.25) is 0 Å². The zero-order chi connectivity index (χ0) is 18.6. The summed E-state index contributed by atoms with van der Waals surface area (Å²) < 4.78 is 7.00. The van der Waals surface area contributed by atoms with Crippen LogP contribution in [-0.4, -0.2) is 36.6 Å². The first kappa shape index (κ1) is 17.4. The van der Waals surface area contributed by atoms with Crippen molar-refractivity contribution in [1.29, 1.82) is 0 Å². The van der Waals surface area contributed by atoms with Crippen LogP contribution in [-0.2, 0) is 6.42 Å². The van der Waals surface area contributed by atoms with Crippen LogP contribution in [0.4, 0.5) is 0 Å². The first-order valence-corrected chi connectivity index (χ1v) is 9.37. The molecule has 0 bridgehead atoms. The maximum atomic E-state index is 12.3. The second-order valence-electron chi connectivity index (χ2n) is 6.79. The molecule has 1 N–H and O–H groups in total. The summed E-state index contributed by atoms with van der Waals surface area (Å²) in [5.41, 5.74) is 1.15. The molecule has 3 aromatic heterocycles. The van der Waals surface area contributed by atoms with Crippen LogP contribution in [0.3, 0.4) is 0 Å². The van der Waals surface area contributed by atoms with E-state index in [0.717, 1.165) is 31.2 Å². The summed E-state index contributed by atoms with van der Waals surface area (Å²) in [7, 11) is 0. The SMILES string of the molecule is CCCc1noc(-c2ccc(-n3cnc(C(=O)NC4CCCC4)c3)nc2)n1. The molecule has 1 aliphatic rings. The lowest BCUT2D eigenvalue weighted by molar-refractivity contribution is 0.0933. The first-order valence-electron chi connectivity index (χ1n) is 9.37. The van der Waals surface area contributed by atoms with E-state index in [2.05, 4.69) is 32.3 Å². The standard InChI is InChI=1S/C19H22N6O2/c1-2-5-16-23-19(27-24-16)13-8-9-17(20-10-13)25-11-15(21-12-25)18(26)22-14-6-3-4-7-14/h8-12,14H,2-7H2,1H3,(H,22,26). The summed E-state index contributed by atoms with van der Waals surface area (Å²) >= 11 is 0. The van der Waals surface area contributed by atoms with E-state index in [0.29, 0.717) is 23.2 Å². The van der Waals surface area contributed by atoms with Crippen molar-refractivity contribution in [2.75, 3.05) is 0 Å². The first-order chi connectivity index (χ1) is 13.2. The molecule has 0 saturated heterocycles. The van der Waals surface area contributed by atoms with Gasteiger partial charge in [-0.25, -0.2) is 9.97 Å². The number of hydrogen-bond acceptors (Lipinski definition) is 6. The van der Waals surface area contributed by atoms with E-state index >= 15 is 0 Å². The molecule has 1 aliphatic carbocycles. The largest absolute Gasteiger partial charge is 0.348 e. The second-order valence-corrected chi connectivity index (χ2v) is 6.79. The van der Waals surface area contributed by atoms with Crippen molar-refractivity contribution in [3.8, 4) is 17.3 Å². The van der Waals surface area contributed by atoms with Gasteiger partial charge in [0, 0.05) is 24.9 Å². The van der Waals surface area contributed by atoms with E-state index < -0.39 is 0 Å². The monoisotopic (exact) mass is 366 g/mol. The predicted octanol–water partition coefficient (Wildman–Crippen LogP) is 2.94. The van der Waals surface area contributed by atoms with Gasteiger partial charge in [-0.15, -0.1) is 0 Å². The highest BCUT2D eigenvalue weighted by Gasteiger charge is 2.19. The van der Waals surface area contributed by atoms with Gasteiger partial charge in [-0.2, -0.15) is 4.98 Å². The maximum Gasteiger partial charge on any atom is 0.271 e. The number of nitrogens with zero attached hydrogens (tertiary/aromatic N) is 5. The molecular formula is C19H22N6O2. The molecule has 0 spiro atoms. The molecule has 27 heavy (non-hydrogen) atoms. The summed E-state index contributed by atoms with van der Waals surface area (Å²) in [5, 5.41) is 6.99. The Hall–Kier alpha value is -3.03. The topological polar surface area (TPSA) is 98.7 Å². The van der Waals surface area contributed by atoms with Crippen LogP contribution in [0.5, 0.6) is 0 Å². The minimum absolute atomic E-state index is 0.133. The molecule has 0 aliphatic heterocycles. The zero-order valence-corrected chi connectivity index (χ0v) is 15.3. The molecule has 1 amide bonds. The highest BCUT2D eigenvalue weighted by atomic mass is 16.5. The summed E-state index contributed by atoms with van der Waals surface area (Å²) in [4.78, 5) is 25.3. The van der Waals surface area contributed by atoms with Crippen LogP contribution in [0.25, 0.3) is 17.3 Å². The summed E-state index contributed by atoms with van der Waals surface area (Å²) in [6, 6.07) is 3.97. The number of hydrogen-bond donors (Lipinski definition) is 1. The Morgan fingerprint density at radius 1 is 1.30 bits per heavy atom. The number of rotatable bonds is 6. The highest BCUT2D eigenvalue weighted by Crippen LogP contribution is 2.19. The van der Waals surface area contributed by atoms with E-state index in [4.69, 9.17) is 4.52 Å².